The normalized spacial score (nSPS) is 10.9. The summed E-state index contributed by atoms with van der Waals surface area (Å²) in [7, 11) is 0. The highest BCUT2D eigenvalue weighted by Crippen LogP contribution is 2.24. The Morgan fingerprint density at radius 3 is 2.54 bits per heavy atom. The lowest BCUT2D eigenvalue weighted by molar-refractivity contribution is 0.0955. The molecule has 6 heteroatoms. The Bertz CT molecular complexity index is 886. The number of halogens is 2. The van der Waals surface area contributed by atoms with Crippen LogP contribution in [0.15, 0.2) is 70.2 Å². The van der Waals surface area contributed by atoms with Crippen molar-refractivity contribution in [2.24, 2.45) is 5.10 Å². The molecule has 1 N–H and O–H groups in total. The zero-order chi connectivity index (χ0) is 16.9. The largest absolute Gasteiger partial charge is 0.455 e. The van der Waals surface area contributed by atoms with Gasteiger partial charge in [0.1, 0.15) is 11.5 Å². The number of carbonyl (C=O) groups is 1. The van der Waals surface area contributed by atoms with Crippen LogP contribution >= 0.6 is 23.2 Å². The van der Waals surface area contributed by atoms with E-state index >= 15 is 0 Å². The molecule has 0 saturated carbocycles. The lowest BCUT2D eigenvalue weighted by atomic mass is 10.2. The molecule has 0 fully saturated rings. The number of benzene rings is 2. The van der Waals surface area contributed by atoms with Crippen molar-refractivity contribution in [1.82, 2.24) is 5.43 Å². The number of hydrogen-bond acceptors (Lipinski definition) is 3. The fourth-order valence-electron chi connectivity index (χ4n) is 2.04. The highest BCUT2D eigenvalue weighted by atomic mass is 35.5. The monoisotopic (exact) mass is 358 g/mol. The van der Waals surface area contributed by atoms with Crippen LogP contribution in [0.5, 0.6) is 0 Å². The van der Waals surface area contributed by atoms with Crippen molar-refractivity contribution in [2.75, 3.05) is 0 Å². The number of hydrazone groups is 1. The van der Waals surface area contributed by atoms with Crippen molar-refractivity contribution in [2.45, 2.75) is 0 Å². The maximum absolute atomic E-state index is 11.9. The van der Waals surface area contributed by atoms with Gasteiger partial charge in [0, 0.05) is 21.2 Å². The number of carbonyl (C=O) groups excluding carboxylic acids is 1. The first kappa shape index (κ1) is 16.3. The van der Waals surface area contributed by atoms with Crippen LogP contribution in [-0.2, 0) is 0 Å². The summed E-state index contributed by atoms with van der Waals surface area (Å²) in [6.45, 7) is 0. The van der Waals surface area contributed by atoms with Crippen LogP contribution in [0.1, 0.15) is 16.1 Å². The van der Waals surface area contributed by atoms with Gasteiger partial charge in [-0.15, -0.1) is 0 Å². The van der Waals surface area contributed by atoms with Crippen LogP contribution in [0.3, 0.4) is 0 Å². The van der Waals surface area contributed by atoms with E-state index in [1.54, 1.807) is 36.4 Å². The number of amides is 1. The van der Waals surface area contributed by atoms with Crippen molar-refractivity contribution >= 4 is 35.3 Å². The van der Waals surface area contributed by atoms with Crippen molar-refractivity contribution in [3.8, 4) is 11.3 Å². The lowest BCUT2D eigenvalue weighted by Gasteiger charge is -1.99. The minimum Gasteiger partial charge on any atom is -0.455 e. The summed E-state index contributed by atoms with van der Waals surface area (Å²) in [6.07, 6.45) is 1.43. The van der Waals surface area contributed by atoms with Crippen LogP contribution in [0.25, 0.3) is 11.3 Å². The molecule has 0 aliphatic carbocycles. The molecule has 24 heavy (non-hydrogen) atoms. The first-order chi connectivity index (χ1) is 11.6. The smallest absolute Gasteiger partial charge is 0.271 e. The first-order valence-electron chi connectivity index (χ1n) is 7.06. The minimum absolute atomic E-state index is 0.329. The zero-order valence-corrected chi connectivity index (χ0v) is 13.9. The van der Waals surface area contributed by atoms with Gasteiger partial charge in [0.25, 0.3) is 5.91 Å². The molecule has 0 spiro atoms. The Kier molecular flexibility index (Phi) is 4.99. The van der Waals surface area contributed by atoms with E-state index in [0.29, 0.717) is 27.1 Å². The van der Waals surface area contributed by atoms with Crippen LogP contribution < -0.4 is 5.43 Å². The third-order valence-electron chi connectivity index (χ3n) is 3.20. The lowest BCUT2D eigenvalue weighted by Crippen LogP contribution is -2.17. The van der Waals surface area contributed by atoms with E-state index in [9.17, 15) is 4.79 Å². The number of nitrogens with one attached hydrogen (secondary N) is 1. The predicted octanol–water partition coefficient (Wildman–Crippen LogP) is 5.02. The van der Waals surface area contributed by atoms with Gasteiger partial charge < -0.3 is 4.42 Å². The molecule has 120 valence electrons. The van der Waals surface area contributed by atoms with Gasteiger partial charge in [-0.3, -0.25) is 4.79 Å². The molecular formula is C18H12Cl2N2O2. The van der Waals surface area contributed by atoms with E-state index in [1.807, 2.05) is 24.3 Å². The molecule has 4 nitrogen and oxygen atoms in total. The topological polar surface area (TPSA) is 54.6 Å². The van der Waals surface area contributed by atoms with Crippen molar-refractivity contribution in [3.63, 3.8) is 0 Å². The Hall–Kier alpha value is -2.56. The van der Waals surface area contributed by atoms with Crippen LogP contribution in [-0.4, -0.2) is 12.1 Å². The van der Waals surface area contributed by atoms with Gasteiger partial charge in [0.05, 0.1) is 6.21 Å². The van der Waals surface area contributed by atoms with Gasteiger partial charge >= 0.3 is 0 Å². The second-order valence-electron chi connectivity index (χ2n) is 4.92. The van der Waals surface area contributed by atoms with E-state index in [4.69, 9.17) is 27.6 Å². The average Bonchev–Trinajstić information content (AvgIpc) is 3.04. The molecule has 1 amide bonds. The molecule has 1 aromatic heterocycles. The van der Waals surface area contributed by atoms with Gasteiger partial charge in [-0.1, -0.05) is 35.3 Å². The fourth-order valence-corrected chi connectivity index (χ4v) is 2.36. The van der Waals surface area contributed by atoms with Crippen LogP contribution in [0, 0.1) is 0 Å². The summed E-state index contributed by atoms with van der Waals surface area (Å²) in [5.74, 6) is 0.855. The Balaban J connectivity index is 1.65. The first-order valence-corrected chi connectivity index (χ1v) is 7.82. The Morgan fingerprint density at radius 1 is 1.00 bits per heavy atom. The van der Waals surface area contributed by atoms with Crippen molar-refractivity contribution in [1.29, 1.82) is 0 Å². The highest BCUT2D eigenvalue weighted by Gasteiger charge is 2.05. The third kappa shape index (κ3) is 4.04. The van der Waals surface area contributed by atoms with E-state index in [2.05, 4.69) is 10.5 Å². The molecule has 0 bridgehead atoms. The van der Waals surface area contributed by atoms with Gasteiger partial charge in [0.15, 0.2) is 0 Å². The number of furan rings is 1. The summed E-state index contributed by atoms with van der Waals surface area (Å²) in [6, 6.07) is 17.4. The number of rotatable bonds is 4. The maximum atomic E-state index is 11.9. The summed E-state index contributed by atoms with van der Waals surface area (Å²) in [4.78, 5) is 11.9. The average molecular weight is 359 g/mol. The number of hydrogen-bond donors (Lipinski definition) is 1. The standard InChI is InChI=1S/C18H12Cl2N2O2/c19-14-6-4-12(5-7-14)18(23)22-21-11-16-8-9-17(24-16)13-2-1-3-15(20)10-13/h1-11H,(H,22,23)/b21-11-. The van der Waals surface area contributed by atoms with Crippen LogP contribution in [0.2, 0.25) is 10.0 Å². The molecular weight excluding hydrogens is 347 g/mol. The van der Waals surface area contributed by atoms with Crippen molar-refractivity contribution in [3.05, 3.63) is 82.0 Å². The summed E-state index contributed by atoms with van der Waals surface area (Å²) < 4.78 is 5.65. The Labute approximate surface area is 148 Å². The van der Waals surface area contributed by atoms with E-state index in [-0.39, 0.29) is 5.91 Å². The van der Waals surface area contributed by atoms with Gasteiger partial charge in [0.2, 0.25) is 0 Å². The second kappa shape index (κ2) is 7.34. The molecule has 0 aliphatic heterocycles. The van der Waals surface area contributed by atoms with E-state index < -0.39 is 0 Å². The molecule has 2 aromatic carbocycles. The number of nitrogens with zero attached hydrogens (tertiary/aromatic N) is 1. The van der Waals surface area contributed by atoms with Gasteiger partial charge in [-0.05, 0) is 48.5 Å². The molecule has 0 unspecified atom stereocenters. The second-order valence-corrected chi connectivity index (χ2v) is 5.79. The van der Waals surface area contributed by atoms with Crippen LogP contribution in [0.4, 0.5) is 0 Å². The summed E-state index contributed by atoms with van der Waals surface area (Å²) in [5.41, 5.74) is 3.77. The third-order valence-corrected chi connectivity index (χ3v) is 3.69. The van der Waals surface area contributed by atoms with Gasteiger partial charge in [-0.25, -0.2) is 5.43 Å². The summed E-state index contributed by atoms with van der Waals surface area (Å²) >= 11 is 11.7. The molecule has 0 aliphatic rings. The molecule has 3 rings (SSSR count). The minimum atomic E-state index is -0.329. The SMILES string of the molecule is O=C(N/N=C\c1ccc(-c2cccc(Cl)c2)o1)c1ccc(Cl)cc1. The molecule has 0 atom stereocenters. The Morgan fingerprint density at radius 2 is 1.79 bits per heavy atom. The molecule has 1 heterocycles. The van der Waals surface area contributed by atoms with Crippen molar-refractivity contribution < 1.29 is 9.21 Å². The quantitative estimate of drug-likeness (QED) is 0.525. The maximum Gasteiger partial charge on any atom is 0.271 e. The van der Waals surface area contributed by atoms with Gasteiger partial charge in [-0.2, -0.15) is 5.10 Å². The fraction of sp³-hybridized carbons (Fsp3) is 0. The highest BCUT2D eigenvalue weighted by molar-refractivity contribution is 6.31. The van der Waals surface area contributed by atoms with E-state index in [0.717, 1.165) is 5.56 Å². The molecule has 0 saturated heterocycles. The summed E-state index contributed by atoms with van der Waals surface area (Å²) in [5, 5.41) is 5.09. The zero-order valence-electron chi connectivity index (χ0n) is 12.4. The van der Waals surface area contributed by atoms with E-state index in [1.165, 1.54) is 6.21 Å². The predicted molar refractivity (Wildman–Crippen MR) is 95.7 cm³/mol. The molecule has 3 aromatic rings. The molecule has 0 radical (unpaired) electrons.